The van der Waals surface area contributed by atoms with Gasteiger partial charge in [0.2, 0.25) is 0 Å². The lowest BCUT2D eigenvalue weighted by molar-refractivity contribution is 0.436. The van der Waals surface area contributed by atoms with E-state index in [4.69, 9.17) is 17.5 Å². The Bertz CT molecular complexity index is 613. The minimum Gasteiger partial charge on any atom is -0.349 e. The number of likely N-dealkylation sites (tertiary alicyclic amines) is 1. The summed E-state index contributed by atoms with van der Waals surface area (Å²) in [5.74, 6) is -0.461. The van der Waals surface area contributed by atoms with Gasteiger partial charge in [-0.05, 0) is 48.3 Å². The Hall–Kier alpha value is -1.74. The Morgan fingerprint density at radius 3 is 3.10 bits per heavy atom. The van der Waals surface area contributed by atoms with Crippen molar-refractivity contribution in [3.63, 3.8) is 0 Å². The van der Waals surface area contributed by atoms with Crippen LogP contribution >= 0.6 is 12.2 Å². The molecule has 1 aliphatic carbocycles. The van der Waals surface area contributed by atoms with Crippen molar-refractivity contribution in [2.45, 2.75) is 11.8 Å². The van der Waals surface area contributed by atoms with Gasteiger partial charge in [0.25, 0.3) is 0 Å². The number of nitrogens with one attached hydrogen (secondary N) is 1. The summed E-state index contributed by atoms with van der Waals surface area (Å²) in [6, 6.07) is 5.59. The molecule has 0 amide bonds. The lowest BCUT2D eigenvalue weighted by Gasteiger charge is -2.24. The number of thiocarbonyl (C=S) groups is 1. The monoisotopic (exact) mass is 293 g/mol. The second-order valence-corrected chi connectivity index (χ2v) is 5.77. The van der Waals surface area contributed by atoms with E-state index in [1.165, 1.54) is 12.1 Å². The van der Waals surface area contributed by atoms with Crippen molar-refractivity contribution in [3.8, 4) is 6.07 Å². The third-order valence-electron chi connectivity index (χ3n) is 4.22. The molecule has 0 bridgehead atoms. The molecule has 1 aliphatic heterocycles. The van der Waals surface area contributed by atoms with Crippen LogP contribution in [-0.2, 0) is 5.41 Å². The van der Waals surface area contributed by atoms with Crippen LogP contribution in [0.3, 0.4) is 0 Å². The Labute approximate surface area is 121 Å². The molecule has 20 heavy (non-hydrogen) atoms. The first-order chi connectivity index (χ1) is 9.56. The van der Waals surface area contributed by atoms with Crippen molar-refractivity contribution in [1.82, 2.24) is 10.2 Å². The molecule has 0 radical (unpaired) electrons. The molecule has 104 valence electrons. The van der Waals surface area contributed by atoms with E-state index in [0.717, 1.165) is 19.0 Å². The number of fused-ring (bicyclic) bond motifs is 1. The summed E-state index contributed by atoms with van der Waals surface area (Å²) in [6.07, 6.45) is 0.866. The van der Waals surface area contributed by atoms with E-state index in [0.29, 0.717) is 23.1 Å². The summed E-state index contributed by atoms with van der Waals surface area (Å²) in [4.78, 5) is 1.94. The van der Waals surface area contributed by atoms with Gasteiger partial charge >= 0.3 is 0 Å². The number of rotatable bonds is 2. The number of piperidine rings is 1. The highest BCUT2D eigenvalue weighted by atomic mass is 32.1. The summed E-state index contributed by atoms with van der Waals surface area (Å²) in [7, 11) is 0. The van der Waals surface area contributed by atoms with E-state index >= 15 is 0 Å². The first kappa shape index (κ1) is 13.3. The molecule has 3 nitrogen and oxygen atoms in total. The normalized spacial score (nSPS) is 26.9. The molecule has 2 unspecified atom stereocenters. The second kappa shape index (κ2) is 4.67. The molecule has 3 rings (SSSR count). The van der Waals surface area contributed by atoms with E-state index in [2.05, 4.69) is 5.32 Å². The summed E-state index contributed by atoms with van der Waals surface area (Å²) < 4.78 is 27.3. The van der Waals surface area contributed by atoms with Crippen LogP contribution in [0.1, 0.15) is 12.0 Å². The van der Waals surface area contributed by atoms with Gasteiger partial charge in [-0.15, -0.1) is 0 Å². The Morgan fingerprint density at radius 1 is 1.55 bits per heavy atom. The van der Waals surface area contributed by atoms with Crippen molar-refractivity contribution >= 4 is 17.3 Å². The van der Waals surface area contributed by atoms with Gasteiger partial charge in [-0.1, -0.05) is 0 Å². The lowest BCUT2D eigenvalue weighted by atomic mass is 9.94. The summed E-state index contributed by atoms with van der Waals surface area (Å²) >= 11 is 5.21. The van der Waals surface area contributed by atoms with Crippen LogP contribution in [0.2, 0.25) is 0 Å². The molecule has 1 heterocycles. The van der Waals surface area contributed by atoms with Gasteiger partial charge in [-0.3, -0.25) is 0 Å². The molecule has 2 atom stereocenters. The number of hydrogen-bond acceptors (Lipinski definition) is 2. The molecule has 1 aromatic carbocycles. The van der Waals surface area contributed by atoms with Gasteiger partial charge in [0, 0.05) is 18.5 Å². The fourth-order valence-corrected chi connectivity index (χ4v) is 3.37. The summed E-state index contributed by atoms with van der Waals surface area (Å²) in [5, 5.41) is 11.9. The van der Waals surface area contributed by atoms with Crippen molar-refractivity contribution in [2.24, 2.45) is 5.92 Å². The lowest BCUT2D eigenvalue weighted by Crippen LogP contribution is -2.40. The third-order valence-corrected chi connectivity index (χ3v) is 4.62. The number of nitriles is 1. The molecule has 2 fully saturated rings. The molecular weight excluding hydrogens is 280 g/mol. The van der Waals surface area contributed by atoms with Gasteiger partial charge in [0.05, 0.1) is 6.07 Å². The minimum absolute atomic E-state index is 0.154. The fourth-order valence-electron chi connectivity index (χ4n) is 3.16. The zero-order valence-electron chi connectivity index (χ0n) is 10.7. The molecule has 1 saturated heterocycles. The van der Waals surface area contributed by atoms with E-state index in [9.17, 15) is 8.78 Å². The standard InChI is InChI=1S/C14H13F2N3S/c15-10-1-2-12(16)11(5-10)14-6-9(14)7-19(8-14)13(20)18-4-3-17/h1-2,5,9H,4,6-8H2,(H,18,20). The van der Waals surface area contributed by atoms with Crippen LogP contribution in [-0.4, -0.2) is 29.6 Å². The van der Waals surface area contributed by atoms with Gasteiger partial charge in [-0.25, -0.2) is 8.78 Å². The molecule has 1 N–H and O–H groups in total. The number of nitrogens with zero attached hydrogens (tertiary/aromatic N) is 2. The summed E-state index contributed by atoms with van der Waals surface area (Å²) in [6.45, 7) is 1.46. The Morgan fingerprint density at radius 2 is 2.35 bits per heavy atom. The Balaban J connectivity index is 1.79. The summed E-state index contributed by atoms with van der Waals surface area (Å²) in [5.41, 5.74) is 0.137. The molecule has 1 saturated carbocycles. The van der Waals surface area contributed by atoms with E-state index < -0.39 is 5.82 Å². The quantitative estimate of drug-likeness (QED) is 0.668. The van der Waals surface area contributed by atoms with Crippen molar-refractivity contribution in [3.05, 3.63) is 35.4 Å². The van der Waals surface area contributed by atoms with E-state index in [1.807, 2.05) is 11.0 Å². The predicted molar refractivity (Wildman–Crippen MR) is 73.9 cm³/mol. The maximum absolute atomic E-state index is 13.9. The van der Waals surface area contributed by atoms with Crippen molar-refractivity contribution in [1.29, 1.82) is 5.26 Å². The van der Waals surface area contributed by atoms with Crippen molar-refractivity contribution in [2.75, 3.05) is 19.6 Å². The molecule has 1 aromatic rings. The Kier molecular flexibility index (Phi) is 3.09. The van der Waals surface area contributed by atoms with Crippen LogP contribution in [0.4, 0.5) is 8.78 Å². The average molecular weight is 293 g/mol. The van der Waals surface area contributed by atoms with Crippen LogP contribution in [0.5, 0.6) is 0 Å². The SMILES string of the molecule is N#CCNC(=S)N1CC2CC2(c2cc(F)ccc2F)C1. The zero-order valence-corrected chi connectivity index (χ0v) is 11.5. The maximum Gasteiger partial charge on any atom is 0.169 e. The first-order valence-electron chi connectivity index (χ1n) is 6.42. The highest BCUT2D eigenvalue weighted by Gasteiger charge is 2.62. The van der Waals surface area contributed by atoms with Crippen LogP contribution < -0.4 is 5.32 Å². The smallest absolute Gasteiger partial charge is 0.169 e. The molecule has 2 aliphatic rings. The highest BCUT2D eigenvalue weighted by Crippen LogP contribution is 2.59. The number of benzene rings is 1. The van der Waals surface area contributed by atoms with Crippen LogP contribution in [0, 0.1) is 28.9 Å². The molecule has 0 aromatic heterocycles. The van der Waals surface area contributed by atoms with Crippen molar-refractivity contribution < 1.29 is 8.78 Å². The van der Waals surface area contributed by atoms with E-state index in [1.54, 1.807) is 0 Å². The van der Waals surface area contributed by atoms with Gasteiger partial charge in [0.15, 0.2) is 5.11 Å². The highest BCUT2D eigenvalue weighted by molar-refractivity contribution is 7.80. The topological polar surface area (TPSA) is 39.1 Å². The van der Waals surface area contributed by atoms with Crippen LogP contribution in [0.15, 0.2) is 18.2 Å². The molecular formula is C14H13F2N3S. The maximum atomic E-state index is 13.9. The van der Waals surface area contributed by atoms with E-state index in [-0.39, 0.29) is 17.8 Å². The fraction of sp³-hybridized carbons (Fsp3) is 0.429. The molecule has 6 heteroatoms. The third kappa shape index (κ3) is 2.02. The molecule has 0 spiro atoms. The average Bonchev–Trinajstić information content (AvgIpc) is 3.01. The predicted octanol–water partition coefficient (Wildman–Crippen LogP) is 1.94. The minimum atomic E-state index is -0.412. The zero-order chi connectivity index (χ0) is 14.3. The van der Waals surface area contributed by atoms with Crippen LogP contribution in [0.25, 0.3) is 0 Å². The number of hydrogen-bond donors (Lipinski definition) is 1. The number of halogens is 2. The van der Waals surface area contributed by atoms with Gasteiger partial charge in [0.1, 0.15) is 18.2 Å². The van der Waals surface area contributed by atoms with Gasteiger partial charge < -0.3 is 10.2 Å². The largest absolute Gasteiger partial charge is 0.349 e. The van der Waals surface area contributed by atoms with Gasteiger partial charge in [-0.2, -0.15) is 5.26 Å². The first-order valence-corrected chi connectivity index (χ1v) is 6.83. The second-order valence-electron chi connectivity index (χ2n) is 5.38.